The molecule has 0 bridgehead atoms. The van der Waals surface area contributed by atoms with Gasteiger partial charge in [-0.3, -0.25) is 14.5 Å². The van der Waals surface area contributed by atoms with Crippen LogP contribution >= 0.6 is 23.2 Å². The summed E-state index contributed by atoms with van der Waals surface area (Å²) in [5.41, 5.74) is 4.33. The van der Waals surface area contributed by atoms with Crippen LogP contribution in [0.25, 0.3) is 22.5 Å². The molecule has 2 saturated carbocycles. The summed E-state index contributed by atoms with van der Waals surface area (Å²) in [6.07, 6.45) is 1.56. The van der Waals surface area contributed by atoms with E-state index in [1.54, 1.807) is 0 Å². The first-order valence-electron chi connectivity index (χ1n) is 20.3. The zero-order valence-corrected chi connectivity index (χ0v) is 35.7. The van der Waals surface area contributed by atoms with Crippen molar-refractivity contribution in [3.05, 3.63) is 81.6 Å². The number of imidazole rings is 2. The highest BCUT2D eigenvalue weighted by Gasteiger charge is 2.58. The number of nitrogens with one attached hydrogen (secondary N) is 3. The summed E-state index contributed by atoms with van der Waals surface area (Å²) in [6, 6.07) is 13.3. The Morgan fingerprint density at radius 2 is 1.22 bits per heavy atom. The average Bonchev–Trinajstić information content (AvgIpc) is 3.93. The molecule has 2 aliphatic heterocycles. The Hall–Kier alpha value is -5.52. The van der Waals surface area contributed by atoms with Crippen molar-refractivity contribution in [2.75, 3.05) is 14.2 Å². The average molecular weight is 856 g/mol. The van der Waals surface area contributed by atoms with E-state index in [1.165, 1.54) is 14.2 Å². The third-order valence-electron chi connectivity index (χ3n) is 12.4. The van der Waals surface area contributed by atoms with Crippen LogP contribution in [-0.4, -0.2) is 102 Å². The molecule has 4 heterocycles. The van der Waals surface area contributed by atoms with Gasteiger partial charge in [0.1, 0.15) is 45.4 Å². The van der Waals surface area contributed by atoms with Gasteiger partial charge in [0.15, 0.2) is 0 Å². The minimum absolute atomic E-state index is 0.0724. The van der Waals surface area contributed by atoms with E-state index in [9.17, 15) is 24.3 Å². The highest BCUT2D eigenvalue weighted by atomic mass is 35.5. The lowest BCUT2D eigenvalue weighted by molar-refractivity contribution is -0.140. The van der Waals surface area contributed by atoms with Crippen LogP contribution in [0.5, 0.6) is 0 Å². The highest BCUT2D eigenvalue weighted by Crippen LogP contribution is 2.55. The number of likely N-dealkylation sites (tertiary alicyclic amines) is 2. The van der Waals surface area contributed by atoms with Crippen LogP contribution in [0.4, 0.5) is 9.59 Å². The molecule has 4 amide bonds. The van der Waals surface area contributed by atoms with Crippen LogP contribution in [0.2, 0.25) is 10.3 Å². The molecule has 8 atom stereocenters. The van der Waals surface area contributed by atoms with Gasteiger partial charge in [0.2, 0.25) is 11.8 Å². The SMILES string of the molecule is COC(=O)N[C@H](C(=O)N1[C@@H]2C[C@H]2C[C@H]1c1nc(-c2ccc(C#Cc3ccc(-c4nc([C@@H]5C[C@H]6C[C@H]6N5C(=O)[C@H](C(C)C)N(C)C(=O)O)[nH]c4Cl)cc3)cc2)c(Cl)[nH]1)C(C)C. The predicted octanol–water partition coefficient (Wildman–Crippen LogP) is 7.51. The van der Waals surface area contributed by atoms with E-state index in [0.29, 0.717) is 45.2 Å². The maximum atomic E-state index is 13.9. The number of methoxy groups -OCH3 is 1. The first kappa shape index (κ1) is 41.2. The first-order chi connectivity index (χ1) is 28.6. The van der Waals surface area contributed by atoms with Gasteiger partial charge in [-0.2, -0.15) is 0 Å². The van der Waals surface area contributed by atoms with Crippen LogP contribution in [0.15, 0.2) is 48.5 Å². The monoisotopic (exact) mass is 854 g/mol. The second-order valence-electron chi connectivity index (χ2n) is 17.0. The number of aromatic amines is 2. The number of rotatable bonds is 10. The third kappa shape index (κ3) is 7.81. The van der Waals surface area contributed by atoms with Gasteiger partial charge < -0.3 is 34.9 Å². The zero-order chi connectivity index (χ0) is 42.7. The molecule has 2 aliphatic carbocycles. The smallest absolute Gasteiger partial charge is 0.407 e. The molecule has 0 spiro atoms. The number of H-pyrrole nitrogens is 2. The molecule has 4 aromatic rings. The number of fused-ring (bicyclic) bond motifs is 2. The van der Waals surface area contributed by atoms with Gasteiger partial charge in [-0.25, -0.2) is 19.6 Å². The summed E-state index contributed by atoms with van der Waals surface area (Å²) in [5, 5.41) is 13.1. The second-order valence-corrected chi connectivity index (χ2v) is 17.8. The molecule has 2 aromatic carbocycles. The Morgan fingerprint density at radius 3 is 1.62 bits per heavy atom. The van der Waals surface area contributed by atoms with E-state index >= 15 is 0 Å². The molecular formula is C44H48Cl2N8O6. The summed E-state index contributed by atoms with van der Waals surface area (Å²) in [5.74, 6) is 7.69. The van der Waals surface area contributed by atoms with Gasteiger partial charge in [-0.15, -0.1) is 0 Å². The number of halogens is 2. The Balaban J connectivity index is 0.937. The van der Waals surface area contributed by atoms with E-state index in [1.807, 2.05) is 86.0 Å². The summed E-state index contributed by atoms with van der Waals surface area (Å²) in [6.45, 7) is 7.50. The number of alkyl carbamates (subject to hydrolysis) is 1. The van der Waals surface area contributed by atoms with Crippen molar-refractivity contribution in [1.29, 1.82) is 0 Å². The number of piperidine rings is 2. The molecule has 2 aromatic heterocycles. The van der Waals surface area contributed by atoms with Crippen LogP contribution in [0.3, 0.4) is 0 Å². The number of amides is 4. The van der Waals surface area contributed by atoms with E-state index in [-0.39, 0.29) is 47.8 Å². The number of hydrogen-bond donors (Lipinski definition) is 4. The van der Waals surface area contributed by atoms with Gasteiger partial charge >= 0.3 is 12.2 Å². The van der Waals surface area contributed by atoms with E-state index in [0.717, 1.165) is 52.8 Å². The number of carbonyl (C=O) groups is 4. The number of ether oxygens (including phenoxy) is 1. The molecule has 14 nitrogen and oxygen atoms in total. The lowest BCUT2D eigenvalue weighted by Crippen LogP contribution is -2.52. The quantitative estimate of drug-likeness (QED) is 0.119. The third-order valence-corrected chi connectivity index (χ3v) is 12.9. The van der Waals surface area contributed by atoms with E-state index < -0.39 is 24.3 Å². The van der Waals surface area contributed by atoms with Crippen molar-refractivity contribution in [1.82, 2.24) is 40.0 Å². The molecule has 4 fully saturated rings. The fraction of sp³-hybridized carbons (Fsp3) is 0.455. The zero-order valence-electron chi connectivity index (χ0n) is 34.2. The van der Waals surface area contributed by atoms with Gasteiger partial charge in [0.25, 0.3) is 0 Å². The standard InChI is InChI=1S/C44H48Cl2N8O6/c1-21(2)33(49-43(57)60-6)41(55)53-29-17-27(29)19-31(53)39-47-34(37(45)50-39)25-13-9-23(10-14-25)7-8-24-11-15-26(16-12-24)35-38(46)51-40(48-35)32-20-28-18-30(28)54(32)42(56)36(22(3)4)52(5)44(58)59/h9-16,21-22,27-33,36H,17-20H2,1-6H3,(H,47,50)(H,48,51)(H,49,57)(H,58,59)/t27-,28+,29+,30+,31-,32-,33-,36-/m0/s1. The lowest BCUT2D eigenvalue weighted by atomic mass is 10.0. The molecule has 2 saturated heterocycles. The molecule has 60 heavy (non-hydrogen) atoms. The van der Waals surface area contributed by atoms with Crippen molar-refractivity contribution >= 4 is 47.2 Å². The molecular weight excluding hydrogens is 807 g/mol. The molecule has 314 valence electrons. The minimum Gasteiger partial charge on any atom is -0.465 e. The van der Waals surface area contributed by atoms with Gasteiger partial charge in [-0.1, -0.05) is 87.0 Å². The molecule has 4 aliphatic rings. The van der Waals surface area contributed by atoms with Crippen molar-refractivity contribution in [2.24, 2.45) is 23.7 Å². The Labute approximate surface area is 358 Å². The van der Waals surface area contributed by atoms with Crippen molar-refractivity contribution in [3.8, 4) is 34.4 Å². The number of aromatic nitrogens is 4. The van der Waals surface area contributed by atoms with Crippen molar-refractivity contribution < 1.29 is 29.0 Å². The lowest BCUT2D eigenvalue weighted by Gasteiger charge is -2.35. The number of likely N-dealkylation sites (N-methyl/N-ethyl adjacent to an activating group) is 1. The number of carbonyl (C=O) groups excluding carboxylic acids is 3. The summed E-state index contributed by atoms with van der Waals surface area (Å²) < 4.78 is 4.78. The van der Waals surface area contributed by atoms with Crippen LogP contribution in [0.1, 0.15) is 88.2 Å². The normalized spacial score (nSPS) is 23.4. The van der Waals surface area contributed by atoms with Crippen LogP contribution in [-0.2, 0) is 14.3 Å². The molecule has 0 unspecified atom stereocenters. The largest absolute Gasteiger partial charge is 0.465 e. The second kappa shape index (κ2) is 16.2. The molecule has 16 heteroatoms. The maximum absolute atomic E-state index is 13.9. The van der Waals surface area contributed by atoms with Crippen LogP contribution < -0.4 is 5.32 Å². The van der Waals surface area contributed by atoms with E-state index in [4.69, 9.17) is 37.9 Å². The van der Waals surface area contributed by atoms with Gasteiger partial charge in [0, 0.05) is 41.4 Å². The number of carboxylic acid groups (broad SMARTS) is 1. The van der Waals surface area contributed by atoms with Crippen LogP contribution in [0, 0.1) is 35.5 Å². The number of hydrogen-bond acceptors (Lipinski definition) is 7. The Bertz CT molecular complexity index is 2380. The number of nitrogens with zero attached hydrogens (tertiary/aromatic N) is 5. The topological polar surface area (TPSA) is 177 Å². The summed E-state index contributed by atoms with van der Waals surface area (Å²) in [7, 11) is 2.72. The minimum atomic E-state index is -1.14. The predicted molar refractivity (Wildman–Crippen MR) is 225 cm³/mol. The molecule has 0 radical (unpaired) electrons. The van der Waals surface area contributed by atoms with Crippen molar-refractivity contribution in [2.45, 2.75) is 89.6 Å². The maximum Gasteiger partial charge on any atom is 0.407 e. The number of benzene rings is 2. The highest BCUT2D eigenvalue weighted by molar-refractivity contribution is 6.32. The fourth-order valence-electron chi connectivity index (χ4n) is 9.07. The van der Waals surface area contributed by atoms with E-state index in [2.05, 4.69) is 27.1 Å². The fourth-order valence-corrected chi connectivity index (χ4v) is 9.56. The molecule has 8 rings (SSSR count). The van der Waals surface area contributed by atoms with Gasteiger partial charge in [0.05, 0.1) is 19.2 Å². The Morgan fingerprint density at radius 1 is 0.767 bits per heavy atom. The van der Waals surface area contributed by atoms with Crippen molar-refractivity contribution in [3.63, 3.8) is 0 Å². The molecule has 4 N–H and O–H groups in total. The summed E-state index contributed by atoms with van der Waals surface area (Å²) >= 11 is 13.4. The Kier molecular flexibility index (Phi) is 11.1. The first-order valence-corrected chi connectivity index (χ1v) is 21.1. The summed E-state index contributed by atoms with van der Waals surface area (Å²) in [4.78, 5) is 72.5. The van der Waals surface area contributed by atoms with Gasteiger partial charge in [-0.05, 0) is 73.6 Å².